The van der Waals surface area contributed by atoms with Crippen LogP contribution in [0.3, 0.4) is 0 Å². The van der Waals surface area contributed by atoms with Crippen molar-refractivity contribution in [2.75, 3.05) is 19.6 Å². The predicted molar refractivity (Wildman–Crippen MR) is 138 cm³/mol. The van der Waals surface area contributed by atoms with E-state index < -0.39 is 29.9 Å². The van der Waals surface area contributed by atoms with Gasteiger partial charge in [0, 0.05) is 23.7 Å². The SMILES string of the molecule is Cc1cccc(C2=NC(c3ccc(C(F)(F)F)cc3)C(c3cccc(Cl)c3)N2C(=O)N2CCNC(=O)C2)c1. The fraction of sp³-hybridized carbons (Fsp3) is 0.250. The van der Waals surface area contributed by atoms with Gasteiger partial charge in [-0.1, -0.05) is 59.6 Å². The first-order valence-electron chi connectivity index (χ1n) is 12.0. The molecule has 2 aliphatic rings. The molecule has 1 saturated heterocycles. The highest BCUT2D eigenvalue weighted by molar-refractivity contribution is 6.30. The van der Waals surface area contributed by atoms with E-state index in [0.29, 0.717) is 40.6 Å². The Bertz CT molecular complexity index is 1410. The van der Waals surface area contributed by atoms with E-state index in [9.17, 15) is 22.8 Å². The Labute approximate surface area is 222 Å². The van der Waals surface area contributed by atoms with E-state index in [1.165, 1.54) is 17.0 Å². The molecule has 38 heavy (non-hydrogen) atoms. The van der Waals surface area contributed by atoms with Gasteiger partial charge < -0.3 is 10.2 Å². The average Bonchev–Trinajstić information content (AvgIpc) is 3.28. The zero-order valence-corrected chi connectivity index (χ0v) is 21.1. The van der Waals surface area contributed by atoms with Crippen LogP contribution in [0.4, 0.5) is 18.0 Å². The van der Waals surface area contributed by atoms with E-state index in [2.05, 4.69) is 5.32 Å². The molecule has 196 valence electrons. The highest BCUT2D eigenvalue weighted by Crippen LogP contribution is 2.45. The first-order chi connectivity index (χ1) is 18.1. The molecule has 0 saturated carbocycles. The quantitative estimate of drug-likeness (QED) is 0.459. The Morgan fingerprint density at radius 1 is 1.03 bits per heavy atom. The number of carbonyl (C=O) groups is 2. The molecule has 1 N–H and O–H groups in total. The molecule has 0 aliphatic carbocycles. The second kappa shape index (κ2) is 10.1. The van der Waals surface area contributed by atoms with Crippen LogP contribution in [0.1, 0.15) is 39.9 Å². The molecule has 2 aliphatic heterocycles. The van der Waals surface area contributed by atoms with Gasteiger partial charge >= 0.3 is 12.2 Å². The van der Waals surface area contributed by atoms with Crippen molar-refractivity contribution in [2.45, 2.75) is 25.2 Å². The Balaban J connectivity index is 1.67. The number of aliphatic imine (C=N–C) groups is 1. The number of nitrogens with one attached hydrogen (secondary N) is 1. The van der Waals surface area contributed by atoms with Gasteiger partial charge in [0.1, 0.15) is 18.4 Å². The smallest absolute Gasteiger partial charge is 0.353 e. The van der Waals surface area contributed by atoms with Crippen LogP contribution in [0, 0.1) is 6.92 Å². The van der Waals surface area contributed by atoms with Gasteiger partial charge in [-0.2, -0.15) is 13.2 Å². The molecule has 3 amide bonds. The summed E-state index contributed by atoms with van der Waals surface area (Å²) in [5.74, 6) is 0.107. The number of benzene rings is 3. The standard InChI is InChI=1S/C28H24ClF3N4O2/c1-17-4-2-6-20(14-17)26-34-24(18-8-10-21(11-9-18)28(30,31)32)25(19-5-3-7-22(29)15-19)36(26)27(38)35-13-12-33-23(37)16-35/h2-11,14-15,24-25H,12-13,16H2,1H3,(H,33,37). The summed E-state index contributed by atoms with van der Waals surface area (Å²) in [6.07, 6.45) is -4.48. The summed E-state index contributed by atoms with van der Waals surface area (Å²) < 4.78 is 39.8. The van der Waals surface area contributed by atoms with E-state index in [4.69, 9.17) is 16.6 Å². The van der Waals surface area contributed by atoms with Crippen molar-refractivity contribution >= 4 is 29.4 Å². The number of aryl methyl sites for hydroxylation is 1. The average molecular weight is 541 g/mol. The first-order valence-corrected chi connectivity index (χ1v) is 12.4. The van der Waals surface area contributed by atoms with Crippen molar-refractivity contribution in [3.05, 3.63) is 106 Å². The van der Waals surface area contributed by atoms with Crippen LogP contribution < -0.4 is 5.32 Å². The number of rotatable bonds is 3. The highest BCUT2D eigenvalue weighted by atomic mass is 35.5. The molecule has 0 aromatic heterocycles. The summed E-state index contributed by atoms with van der Waals surface area (Å²) in [5.41, 5.74) is 2.05. The number of alkyl halides is 3. The van der Waals surface area contributed by atoms with E-state index in [1.54, 1.807) is 23.1 Å². The number of halogens is 4. The number of amidine groups is 1. The van der Waals surface area contributed by atoms with E-state index in [0.717, 1.165) is 17.7 Å². The van der Waals surface area contributed by atoms with Crippen molar-refractivity contribution in [3.63, 3.8) is 0 Å². The normalized spacial score (nSPS) is 19.8. The molecule has 10 heteroatoms. The molecule has 2 atom stereocenters. The van der Waals surface area contributed by atoms with E-state index in [1.807, 2.05) is 37.3 Å². The number of hydrogen-bond donors (Lipinski definition) is 1. The van der Waals surface area contributed by atoms with Crippen LogP contribution in [-0.4, -0.2) is 47.2 Å². The molecule has 3 aromatic rings. The van der Waals surface area contributed by atoms with Crippen LogP contribution in [0.5, 0.6) is 0 Å². The minimum atomic E-state index is -4.48. The minimum absolute atomic E-state index is 0.107. The van der Waals surface area contributed by atoms with Gasteiger partial charge in [-0.3, -0.25) is 14.7 Å². The van der Waals surface area contributed by atoms with E-state index in [-0.39, 0.29) is 12.5 Å². The number of hydrogen-bond acceptors (Lipinski definition) is 3. The third-order valence-corrected chi connectivity index (χ3v) is 6.86. The molecule has 0 spiro atoms. The van der Waals surface area contributed by atoms with Crippen molar-refractivity contribution in [1.29, 1.82) is 0 Å². The Morgan fingerprint density at radius 3 is 2.42 bits per heavy atom. The van der Waals surface area contributed by atoms with Gasteiger partial charge in [0.2, 0.25) is 5.91 Å². The lowest BCUT2D eigenvalue weighted by atomic mass is 9.93. The molecular weight excluding hydrogens is 517 g/mol. The van der Waals surface area contributed by atoms with Gasteiger partial charge in [-0.25, -0.2) is 4.79 Å². The molecular formula is C28H24ClF3N4O2. The Morgan fingerprint density at radius 2 is 1.76 bits per heavy atom. The summed E-state index contributed by atoms with van der Waals surface area (Å²) in [7, 11) is 0. The van der Waals surface area contributed by atoms with Gasteiger partial charge in [0.25, 0.3) is 0 Å². The number of urea groups is 1. The van der Waals surface area contributed by atoms with Crippen LogP contribution in [-0.2, 0) is 11.0 Å². The molecule has 5 rings (SSSR count). The summed E-state index contributed by atoms with van der Waals surface area (Å²) in [5, 5.41) is 3.17. The minimum Gasteiger partial charge on any atom is -0.353 e. The van der Waals surface area contributed by atoms with Crippen molar-refractivity contribution in [2.24, 2.45) is 4.99 Å². The largest absolute Gasteiger partial charge is 0.416 e. The lowest BCUT2D eigenvalue weighted by Crippen LogP contribution is -2.55. The van der Waals surface area contributed by atoms with Gasteiger partial charge in [0.15, 0.2) is 0 Å². The second-order valence-electron chi connectivity index (χ2n) is 9.31. The lowest BCUT2D eigenvalue weighted by Gasteiger charge is -2.35. The third kappa shape index (κ3) is 5.11. The van der Waals surface area contributed by atoms with Crippen LogP contribution in [0.25, 0.3) is 0 Å². The van der Waals surface area contributed by atoms with Gasteiger partial charge in [-0.05, 0) is 48.4 Å². The van der Waals surface area contributed by atoms with Crippen LogP contribution >= 0.6 is 11.6 Å². The molecule has 1 fully saturated rings. The summed E-state index contributed by atoms with van der Waals surface area (Å²) in [6, 6.07) is 17.5. The number of amides is 3. The fourth-order valence-electron chi connectivity index (χ4n) is 4.85. The number of piperazine rings is 1. The summed E-state index contributed by atoms with van der Waals surface area (Å²) >= 11 is 6.33. The molecule has 2 unspecified atom stereocenters. The maximum Gasteiger partial charge on any atom is 0.416 e. The Hall–Kier alpha value is -3.85. The van der Waals surface area contributed by atoms with E-state index >= 15 is 0 Å². The number of carbonyl (C=O) groups excluding carboxylic acids is 2. The summed E-state index contributed by atoms with van der Waals surface area (Å²) in [6.45, 7) is 2.44. The second-order valence-corrected chi connectivity index (χ2v) is 9.75. The highest BCUT2D eigenvalue weighted by Gasteiger charge is 2.44. The Kier molecular flexibility index (Phi) is 6.88. The molecule has 0 bridgehead atoms. The maximum atomic E-state index is 14.1. The summed E-state index contributed by atoms with van der Waals surface area (Å²) in [4.78, 5) is 34.1. The first kappa shape index (κ1) is 25.8. The topological polar surface area (TPSA) is 65.0 Å². The van der Waals surface area contributed by atoms with Crippen LogP contribution in [0.2, 0.25) is 5.02 Å². The third-order valence-electron chi connectivity index (χ3n) is 6.63. The molecule has 2 heterocycles. The molecule has 0 radical (unpaired) electrons. The maximum absolute atomic E-state index is 14.1. The zero-order valence-electron chi connectivity index (χ0n) is 20.4. The van der Waals surface area contributed by atoms with Crippen molar-refractivity contribution < 1.29 is 22.8 Å². The fourth-order valence-corrected chi connectivity index (χ4v) is 5.05. The van der Waals surface area contributed by atoms with Crippen LogP contribution in [0.15, 0.2) is 77.8 Å². The van der Waals surface area contributed by atoms with Gasteiger partial charge in [0.05, 0.1) is 11.6 Å². The monoisotopic (exact) mass is 540 g/mol. The van der Waals surface area contributed by atoms with Crippen molar-refractivity contribution in [3.8, 4) is 0 Å². The van der Waals surface area contributed by atoms with Gasteiger partial charge in [-0.15, -0.1) is 0 Å². The zero-order chi connectivity index (χ0) is 27.0. The lowest BCUT2D eigenvalue weighted by molar-refractivity contribution is -0.137. The molecule has 6 nitrogen and oxygen atoms in total. The molecule has 3 aromatic carbocycles. The number of nitrogens with zero attached hydrogens (tertiary/aromatic N) is 3. The predicted octanol–water partition coefficient (Wildman–Crippen LogP) is 5.76. The van der Waals surface area contributed by atoms with Crippen molar-refractivity contribution in [1.82, 2.24) is 15.1 Å².